The van der Waals surface area contributed by atoms with Crippen molar-refractivity contribution >= 4 is 12.0 Å². The van der Waals surface area contributed by atoms with Crippen LogP contribution in [0.5, 0.6) is 0 Å². The van der Waals surface area contributed by atoms with Crippen LogP contribution in [0.4, 0.5) is 4.79 Å². The highest BCUT2D eigenvalue weighted by molar-refractivity contribution is 5.89. The molecular weight excluding hydrogens is 272 g/mol. The number of hydrogen-bond acceptors (Lipinski definition) is 3. The molecule has 1 aromatic rings. The maximum Gasteiger partial charge on any atom is 0.335 e. The van der Waals surface area contributed by atoms with E-state index >= 15 is 0 Å². The average molecular weight is 294 g/mol. The third-order valence-electron chi connectivity index (χ3n) is 3.14. The molecule has 0 aliphatic rings. The number of urea groups is 1. The molecule has 1 rings (SSSR count). The highest BCUT2D eigenvalue weighted by Crippen LogP contribution is 2.09. The predicted octanol–water partition coefficient (Wildman–Crippen LogP) is 1.34. The van der Waals surface area contributed by atoms with Crippen LogP contribution in [0.2, 0.25) is 0 Å². The van der Waals surface area contributed by atoms with Gasteiger partial charge in [0.15, 0.2) is 0 Å². The van der Waals surface area contributed by atoms with Crippen molar-refractivity contribution in [1.29, 1.82) is 0 Å². The van der Waals surface area contributed by atoms with Crippen LogP contribution in [0, 0.1) is 0 Å². The first-order valence-electron chi connectivity index (χ1n) is 6.94. The fourth-order valence-electron chi connectivity index (χ4n) is 2.05. The Kier molecular flexibility index (Phi) is 6.68. The molecule has 0 heterocycles. The first-order valence-corrected chi connectivity index (χ1v) is 6.94. The number of nitrogens with one attached hydrogen (secondary N) is 1. The first kappa shape index (κ1) is 17.0. The van der Waals surface area contributed by atoms with Crippen LogP contribution in [-0.2, 0) is 6.42 Å². The van der Waals surface area contributed by atoms with Gasteiger partial charge >= 0.3 is 12.0 Å². The van der Waals surface area contributed by atoms with Crippen LogP contribution in [0.1, 0.15) is 29.8 Å². The van der Waals surface area contributed by atoms with Gasteiger partial charge in [0.1, 0.15) is 0 Å². The van der Waals surface area contributed by atoms with Crippen LogP contribution in [0.25, 0.3) is 0 Å². The molecule has 0 aromatic heterocycles. The molecule has 6 heteroatoms. The van der Waals surface area contributed by atoms with Crippen LogP contribution < -0.4 is 5.32 Å². The second-order valence-corrected chi connectivity index (χ2v) is 4.95. The Hall–Kier alpha value is -2.08. The monoisotopic (exact) mass is 294 g/mol. The predicted molar refractivity (Wildman–Crippen MR) is 79.4 cm³/mol. The Bertz CT molecular complexity index is 488. The van der Waals surface area contributed by atoms with E-state index in [1.165, 1.54) is 4.90 Å². The minimum atomic E-state index is -0.971. The Morgan fingerprint density at radius 2 is 1.95 bits per heavy atom. The summed E-state index contributed by atoms with van der Waals surface area (Å²) in [6, 6.07) is 6.47. The molecule has 0 radical (unpaired) electrons. The second-order valence-electron chi connectivity index (χ2n) is 4.95. The zero-order valence-corrected chi connectivity index (χ0v) is 12.4. The Labute approximate surface area is 124 Å². The van der Waals surface area contributed by atoms with Crippen molar-refractivity contribution in [3.8, 4) is 0 Å². The van der Waals surface area contributed by atoms with Crippen molar-refractivity contribution in [3.05, 3.63) is 35.4 Å². The van der Waals surface area contributed by atoms with Gasteiger partial charge in [-0.2, -0.15) is 0 Å². The largest absolute Gasteiger partial charge is 0.478 e. The minimum Gasteiger partial charge on any atom is -0.478 e. The molecule has 0 aliphatic heterocycles. The van der Waals surface area contributed by atoms with E-state index in [-0.39, 0.29) is 30.8 Å². The van der Waals surface area contributed by atoms with Crippen molar-refractivity contribution in [2.75, 3.05) is 19.7 Å². The van der Waals surface area contributed by atoms with Gasteiger partial charge in [-0.3, -0.25) is 0 Å². The fourth-order valence-corrected chi connectivity index (χ4v) is 2.05. The van der Waals surface area contributed by atoms with E-state index in [2.05, 4.69) is 5.32 Å². The Morgan fingerprint density at radius 3 is 2.52 bits per heavy atom. The van der Waals surface area contributed by atoms with Crippen molar-refractivity contribution in [2.45, 2.75) is 26.3 Å². The molecule has 2 amide bonds. The van der Waals surface area contributed by atoms with E-state index < -0.39 is 5.97 Å². The standard InChI is InChI=1S/C15H22N2O4/c1-11(2)17(9-10-18)15(21)16-8-7-12-5-3-4-6-13(12)14(19)20/h3-6,11,18H,7-10H2,1-2H3,(H,16,21)(H,19,20). The number of aliphatic hydroxyl groups excluding tert-OH is 1. The highest BCUT2D eigenvalue weighted by Gasteiger charge is 2.16. The van der Waals surface area contributed by atoms with E-state index in [9.17, 15) is 9.59 Å². The maximum atomic E-state index is 12.0. The van der Waals surface area contributed by atoms with Crippen molar-refractivity contribution in [3.63, 3.8) is 0 Å². The van der Waals surface area contributed by atoms with E-state index in [0.717, 1.165) is 0 Å². The Balaban J connectivity index is 2.57. The zero-order chi connectivity index (χ0) is 15.8. The molecular formula is C15H22N2O4. The molecule has 0 bridgehead atoms. The summed E-state index contributed by atoms with van der Waals surface area (Å²) in [7, 11) is 0. The lowest BCUT2D eigenvalue weighted by atomic mass is 10.0. The maximum absolute atomic E-state index is 12.0. The highest BCUT2D eigenvalue weighted by atomic mass is 16.4. The van der Waals surface area contributed by atoms with Gasteiger partial charge in [0.05, 0.1) is 12.2 Å². The first-order chi connectivity index (χ1) is 9.97. The summed E-state index contributed by atoms with van der Waals surface area (Å²) in [5.74, 6) is -0.971. The summed E-state index contributed by atoms with van der Waals surface area (Å²) in [6.45, 7) is 4.27. The third-order valence-corrected chi connectivity index (χ3v) is 3.14. The summed E-state index contributed by atoms with van der Waals surface area (Å²) in [6.07, 6.45) is 0.444. The van der Waals surface area contributed by atoms with E-state index in [1.807, 2.05) is 13.8 Å². The van der Waals surface area contributed by atoms with Crippen LogP contribution in [0.3, 0.4) is 0 Å². The molecule has 0 saturated heterocycles. The van der Waals surface area contributed by atoms with Gasteiger partial charge in [-0.25, -0.2) is 9.59 Å². The van der Waals surface area contributed by atoms with E-state index in [4.69, 9.17) is 10.2 Å². The van der Waals surface area contributed by atoms with Gasteiger partial charge in [-0.05, 0) is 31.9 Å². The number of carbonyl (C=O) groups excluding carboxylic acids is 1. The number of carboxylic acids is 1. The smallest absolute Gasteiger partial charge is 0.335 e. The number of nitrogens with zero attached hydrogens (tertiary/aromatic N) is 1. The van der Waals surface area contributed by atoms with Crippen LogP contribution >= 0.6 is 0 Å². The molecule has 0 aliphatic carbocycles. The lowest BCUT2D eigenvalue weighted by Gasteiger charge is -2.26. The molecule has 1 aromatic carbocycles. The molecule has 0 fully saturated rings. The number of rotatable bonds is 7. The Morgan fingerprint density at radius 1 is 1.29 bits per heavy atom. The molecule has 21 heavy (non-hydrogen) atoms. The summed E-state index contributed by atoms with van der Waals surface area (Å²) in [4.78, 5) is 24.6. The molecule has 3 N–H and O–H groups in total. The summed E-state index contributed by atoms with van der Waals surface area (Å²) < 4.78 is 0. The topological polar surface area (TPSA) is 89.9 Å². The second kappa shape index (κ2) is 8.26. The molecule has 0 spiro atoms. The minimum absolute atomic E-state index is 0.0107. The van der Waals surface area contributed by atoms with E-state index in [0.29, 0.717) is 18.5 Å². The number of hydrogen-bond donors (Lipinski definition) is 3. The zero-order valence-electron chi connectivity index (χ0n) is 12.4. The number of carboxylic acid groups (broad SMARTS) is 1. The van der Waals surface area contributed by atoms with Crippen LogP contribution in [-0.4, -0.2) is 52.9 Å². The third kappa shape index (κ3) is 5.07. The molecule has 0 saturated carbocycles. The lowest BCUT2D eigenvalue weighted by molar-refractivity contribution is 0.0695. The summed E-state index contributed by atoms with van der Waals surface area (Å²) in [5.41, 5.74) is 0.936. The SMILES string of the molecule is CC(C)N(CCO)C(=O)NCCc1ccccc1C(=O)O. The van der Waals surface area contributed by atoms with Crippen molar-refractivity contribution < 1.29 is 19.8 Å². The normalized spacial score (nSPS) is 10.5. The quantitative estimate of drug-likeness (QED) is 0.708. The lowest BCUT2D eigenvalue weighted by Crippen LogP contribution is -2.45. The molecule has 0 atom stereocenters. The van der Waals surface area contributed by atoms with E-state index in [1.54, 1.807) is 24.3 Å². The number of benzene rings is 1. The van der Waals surface area contributed by atoms with Gasteiger partial charge in [0.2, 0.25) is 0 Å². The number of aromatic carboxylic acids is 1. The average Bonchev–Trinajstić information content (AvgIpc) is 2.44. The van der Waals surface area contributed by atoms with Gasteiger partial charge in [-0.1, -0.05) is 18.2 Å². The van der Waals surface area contributed by atoms with Gasteiger partial charge in [0, 0.05) is 19.1 Å². The van der Waals surface area contributed by atoms with Crippen LogP contribution in [0.15, 0.2) is 24.3 Å². The van der Waals surface area contributed by atoms with Gasteiger partial charge < -0.3 is 20.4 Å². The summed E-state index contributed by atoms with van der Waals surface area (Å²) in [5, 5.41) is 20.8. The number of aliphatic hydroxyl groups is 1. The van der Waals surface area contributed by atoms with Gasteiger partial charge in [0.25, 0.3) is 0 Å². The fraction of sp³-hybridized carbons (Fsp3) is 0.467. The molecule has 116 valence electrons. The molecule has 0 unspecified atom stereocenters. The van der Waals surface area contributed by atoms with Crippen molar-refractivity contribution in [1.82, 2.24) is 10.2 Å². The number of amides is 2. The van der Waals surface area contributed by atoms with Crippen molar-refractivity contribution in [2.24, 2.45) is 0 Å². The molecule has 6 nitrogen and oxygen atoms in total. The van der Waals surface area contributed by atoms with Gasteiger partial charge in [-0.15, -0.1) is 0 Å². The number of carbonyl (C=O) groups is 2. The summed E-state index contributed by atoms with van der Waals surface area (Å²) >= 11 is 0.